The van der Waals surface area contributed by atoms with Crippen molar-refractivity contribution in [3.05, 3.63) is 35.5 Å². The molecule has 130 valence electrons. The Morgan fingerprint density at radius 1 is 1.42 bits per heavy atom. The van der Waals surface area contributed by atoms with Crippen molar-refractivity contribution in [3.8, 4) is 0 Å². The molecule has 0 radical (unpaired) electrons. The molecule has 2 aromatic rings. The van der Waals surface area contributed by atoms with Gasteiger partial charge in [0.05, 0.1) is 12.1 Å². The number of rotatable bonds is 8. The maximum atomic E-state index is 12.1. The largest absolute Gasteiger partial charge is 0.481 e. The average molecular weight is 334 g/mol. The van der Waals surface area contributed by atoms with Gasteiger partial charge >= 0.3 is 5.97 Å². The molecule has 0 aliphatic heterocycles. The number of carboxylic acids is 1. The molecule has 1 amide bonds. The number of nitrogens with one attached hydrogen (secondary N) is 1. The predicted molar refractivity (Wildman–Crippen MR) is 85.5 cm³/mol. The maximum Gasteiger partial charge on any atom is 0.308 e. The van der Waals surface area contributed by atoms with Crippen molar-refractivity contribution in [3.63, 3.8) is 0 Å². The molecule has 0 aliphatic rings. The van der Waals surface area contributed by atoms with Crippen molar-refractivity contribution in [1.82, 2.24) is 20.3 Å². The summed E-state index contributed by atoms with van der Waals surface area (Å²) in [6, 6.07) is 1.53. The van der Waals surface area contributed by atoms with Crippen LogP contribution in [0.3, 0.4) is 0 Å². The number of carbonyl (C=O) groups excluding carboxylic acids is 1. The van der Waals surface area contributed by atoms with Crippen LogP contribution in [-0.4, -0.2) is 38.5 Å². The zero-order chi connectivity index (χ0) is 17.7. The summed E-state index contributed by atoms with van der Waals surface area (Å²) in [7, 11) is 0. The minimum absolute atomic E-state index is 0.0624. The van der Waals surface area contributed by atoms with E-state index in [1.165, 1.54) is 6.07 Å². The Bertz CT molecular complexity index is 705. The summed E-state index contributed by atoms with van der Waals surface area (Å²) in [5.74, 6) is -1.25. The molecule has 0 aromatic carbocycles. The first-order valence-electron chi connectivity index (χ1n) is 7.80. The van der Waals surface area contributed by atoms with E-state index in [9.17, 15) is 14.7 Å². The van der Waals surface area contributed by atoms with Gasteiger partial charge in [0, 0.05) is 18.8 Å². The number of hydrogen-bond donors (Lipinski definition) is 2. The number of carbonyl (C=O) groups is 2. The summed E-state index contributed by atoms with van der Waals surface area (Å²) in [6.07, 6.45) is 4.08. The molecular formula is C16H22N4O4. The van der Waals surface area contributed by atoms with E-state index in [1.54, 1.807) is 10.9 Å². The smallest absolute Gasteiger partial charge is 0.308 e. The van der Waals surface area contributed by atoms with E-state index in [0.29, 0.717) is 18.7 Å². The first-order valence-corrected chi connectivity index (χ1v) is 7.80. The molecule has 1 atom stereocenters. The monoisotopic (exact) mass is 334 g/mol. The first-order chi connectivity index (χ1) is 11.3. The van der Waals surface area contributed by atoms with Gasteiger partial charge in [-0.1, -0.05) is 19.0 Å². The molecule has 2 N–H and O–H groups in total. The predicted octanol–water partition coefficient (Wildman–Crippen LogP) is 1.70. The van der Waals surface area contributed by atoms with Crippen molar-refractivity contribution in [2.75, 3.05) is 6.54 Å². The number of nitrogens with zero attached hydrogens (tertiary/aromatic N) is 3. The molecule has 8 nitrogen and oxygen atoms in total. The second kappa shape index (κ2) is 7.76. The molecule has 2 rings (SSSR count). The first kappa shape index (κ1) is 17.7. The second-order valence-corrected chi connectivity index (χ2v) is 6.27. The van der Waals surface area contributed by atoms with Gasteiger partial charge in [0.1, 0.15) is 6.54 Å². The van der Waals surface area contributed by atoms with E-state index >= 15 is 0 Å². The van der Waals surface area contributed by atoms with E-state index in [1.807, 2.05) is 27.0 Å². The summed E-state index contributed by atoms with van der Waals surface area (Å²) in [6.45, 7) is 6.25. The van der Waals surface area contributed by atoms with Gasteiger partial charge in [-0.3, -0.25) is 14.3 Å². The van der Waals surface area contributed by atoms with E-state index in [2.05, 4.69) is 15.6 Å². The van der Waals surface area contributed by atoms with Crippen LogP contribution in [0.5, 0.6) is 0 Å². The van der Waals surface area contributed by atoms with Gasteiger partial charge < -0.3 is 14.9 Å². The van der Waals surface area contributed by atoms with Gasteiger partial charge in [-0.25, -0.2) is 0 Å². The summed E-state index contributed by atoms with van der Waals surface area (Å²) in [5, 5.41) is 19.6. The second-order valence-electron chi connectivity index (χ2n) is 6.27. The molecule has 0 spiro atoms. The number of carboxylic acid groups (broad SMARTS) is 1. The molecule has 2 aromatic heterocycles. The van der Waals surface area contributed by atoms with Crippen LogP contribution in [-0.2, 0) is 11.3 Å². The highest BCUT2D eigenvalue weighted by Crippen LogP contribution is 2.12. The third kappa shape index (κ3) is 4.94. The third-order valence-electron chi connectivity index (χ3n) is 3.49. The lowest BCUT2D eigenvalue weighted by atomic mass is 9.97. The highest BCUT2D eigenvalue weighted by Gasteiger charge is 2.21. The molecule has 24 heavy (non-hydrogen) atoms. The molecular weight excluding hydrogens is 312 g/mol. The number of aryl methyl sites for hydroxylation is 1. The summed E-state index contributed by atoms with van der Waals surface area (Å²) < 4.78 is 6.81. The molecule has 8 heteroatoms. The standard InChI is InChI=1S/C16H22N4O4/c1-10(2)4-12(16(22)23)7-17-15(21)14-5-13(24-19-14)9-20-8-11(3)6-18-20/h5-6,8,10,12H,4,7,9H2,1-3H3,(H,17,21)(H,22,23). The van der Waals surface area contributed by atoms with Crippen molar-refractivity contribution in [2.45, 2.75) is 33.7 Å². The maximum absolute atomic E-state index is 12.1. The number of hydrogen-bond acceptors (Lipinski definition) is 5. The molecule has 0 aliphatic carbocycles. The Labute approximate surface area is 139 Å². The van der Waals surface area contributed by atoms with Crippen LogP contribution in [0.25, 0.3) is 0 Å². The number of aliphatic carboxylic acids is 1. The van der Waals surface area contributed by atoms with Gasteiger partial charge in [-0.15, -0.1) is 0 Å². The van der Waals surface area contributed by atoms with Crippen molar-refractivity contribution < 1.29 is 19.2 Å². The molecule has 1 unspecified atom stereocenters. The minimum atomic E-state index is -0.918. The highest BCUT2D eigenvalue weighted by molar-refractivity contribution is 5.92. The molecule has 2 heterocycles. The lowest BCUT2D eigenvalue weighted by Crippen LogP contribution is -2.33. The van der Waals surface area contributed by atoms with Crippen LogP contribution >= 0.6 is 0 Å². The van der Waals surface area contributed by atoms with Crippen molar-refractivity contribution in [1.29, 1.82) is 0 Å². The molecule has 0 fully saturated rings. The van der Waals surface area contributed by atoms with Crippen LogP contribution in [0.2, 0.25) is 0 Å². The summed E-state index contributed by atoms with van der Waals surface area (Å²) >= 11 is 0. The number of amides is 1. The van der Waals surface area contributed by atoms with Gasteiger partial charge in [0.25, 0.3) is 5.91 Å². The fourth-order valence-corrected chi connectivity index (χ4v) is 2.35. The van der Waals surface area contributed by atoms with Crippen LogP contribution < -0.4 is 5.32 Å². The third-order valence-corrected chi connectivity index (χ3v) is 3.49. The van der Waals surface area contributed by atoms with Crippen LogP contribution in [0.15, 0.2) is 23.0 Å². The van der Waals surface area contributed by atoms with Gasteiger partial charge in [0.15, 0.2) is 11.5 Å². The summed E-state index contributed by atoms with van der Waals surface area (Å²) in [4.78, 5) is 23.3. The SMILES string of the molecule is Cc1cnn(Cc2cc(C(=O)NCC(CC(C)C)C(=O)O)no2)c1. The van der Waals surface area contributed by atoms with Crippen molar-refractivity contribution in [2.24, 2.45) is 11.8 Å². The molecule has 0 bridgehead atoms. The molecule has 0 saturated carbocycles. The lowest BCUT2D eigenvalue weighted by molar-refractivity contribution is -0.142. The van der Waals surface area contributed by atoms with E-state index in [4.69, 9.17) is 4.52 Å². The minimum Gasteiger partial charge on any atom is -0.481 e. The lowest BCUT2D eigenvalue weighted by Gasteiger charge is -2.14. The quantitative estimate of drug-likeness (QED) is 0.760. The van der Waals surface area contributed by atoms with Crippen molar-refractivity contribution >= 4 is 11.9 Å². The Kier molecular flexibility index (Phi) is 5.73. The number of aromatic nitrogens is 3. The Hall–Kier alpha value is -2.64. The Morgan fingerprint density at radius 3 is 2.75 bits per heavy atom. The fraction of sp³-hybridized carbons (Fsp3) is 0.500. The van der Waals surface area contributed by atoms with E-state index in [0.717, 1.165) is 5.56 Å². The zero-order valence-electron chi connectivity index (χ0n) is 14.0. The normalized spacial score (nSPS) is 12.3. The van der Waals surface area contributed by atoms with Gasteiger partial charge in [-0.05, 0) is 24.8 Å². The molecule has 0 saturated heterocycles. The van der Waals surface area contributed by atoms with Crippen LogP contribution in [0.4, 0.5) is 0 Å². The Balaban J connectivity index is 1.91. The van der Waals surface area contributed by atoms with Gasteiger partial charge in [-0.2, -0.15) is 5.10 Å². The van der Waals surface area contributed by atoms with Crippen LogP contribution in [0.1, 0.15) is 42.1 Å². The van der Waals surface area contributed by atoms with E-state index in [-0.39, 0.29) is 18.2 Å². The summed E-state index contributed by atoms with van der Waals surface area (Å²) in [5.41, 5.74) is 1.15. The van der Waals surface area contributed by atoms with Crippen LogP contribution in [0, 0.1) is 18.8 Å². The fourth-order valence-electron chi connectivity index (χ4n) is 2.35. The van der Waals surface area contributed by atoms with E-state index < -0.39 is 17.8 Å². The topological polar surface area (TPSA) is 110 Å². The van der Waals surface area contributed by atoms with Gasteiger partial charge in [0.2, 0.25) is 0 Å². The Morgan fingerprint density at radius 2 is 2.17 bits per heavy atom. The highest BCUT2D eigenvalue weighted by atomic mass is 16.5. The average Bonchev–Trinajstić information content (AvgIpc) is 3.12. The zero-order valence-corrected chi connectivity index (χ0v) is 14.0.